The predicted octanol–water partition coefficient (Wildman–Crippen LogP) is 3.43. The third-order valence-electron chi connectivity index (χ3n) is 3.79. The van der Waals surface area contributed by atoms with Gasteiger partial charge in [0.2, 0.25) is 5.71 Å². The quantitative estimate of drug-likeness (QED) is 0.476. The summed E-state index contributed by atoms with van der Waals surface area (Å²) in [4.78, 5) is 11.1. The van der Waals surface area contributed by atoms with Crippen LogP contribution in [0.2, 0.25) is 0 Å². The molecule has 1 aromatic carbocycles. The van der Waals surface area contributed by atoms with Crippen LogP contribution in [-0.4, -0.2) is 34.4 Å². The Labute approximate surface area is 160 Å². The molecular formula is C20H18NO7-. The highest BCUT2D eigenvalue weighted by atomic mass is 16.8. The standard InChI is InChI=1S/C20H18NO7/c1-12(2)27-19(22)11-26-15-7-8-16-17(10-15)28-18(20(16)23)9-13-3-5-14(6-4-13)21(24)25/h3-10,12H,11H2,1-2H3,(H-,23,24,25)/q-1. The number of rotatable bonds is 5. The molecule has 8 heteroatoms. The summed E-state index contributed by atoms with van der Waals surface area (Å²) < 4.78 is 16.0. The van der Waals surface area contributed by atoms with Crippen molar-refractivity contribution in [2.24, 2.45) is 0 Å². The molecule has 0 bridgehead atoms. The van der Waals surface area contributed by atoms with Crippen molar-refractivity contribution in [1.82, 2.24) is 0 Å². The van der Waals surface area contributed by atoms with Crippen molar-refractivity contribution in [3.8, 4) is 11.5 Å². The number of allylic oxidation sites excluding steroid dienone is 5. The Kier molecular flexibility index (Phi) is 5.39. The van der Waals surface area contributed by atoms with Crippen LogP contribution in [0.3, 0.4) is 0 Å². The third kappa shape index (κ3) is 4.35. The maximum Gasteiger partial charge on any atom is 0.344 e. The Morgan fingerprint density at radius 3 is 2.61 bits per heavy atom. The Bertz CT molecular complexity index is 1000. The number of esters is 1. The SMILES string of the molecule is CC(C)OC(=O)COc1ccc2c(O)c(C=C3C=CC(=[N+]([O-])[O-])C=C3)oc2c1. The van der Waals surface area contributed by atoms with Crippen LogP contribution >= 0.6 is 0 Å². The summed E-state index contributed by atoms with van der Waals surface area (Å²) >= 11 is 0. The van der Waals surface area contributed by atoms with Crippen LogP contribution in [0.5, 0.6) is 11.5 Å². The fourth-order valence-electron chi connectivity index (χ4n) is 2.55. The molecule has 2 aromatic rings. The first kappa shape index (κ1) is 19.1. The van der Waals surface area contributed by atoms with Gasteiger partial charge in [0.25, 0.3) is 0 Å². The van der Waals surface area contributed by atoms with E-state index >= 15 is 0 Å². The van der Waals surface area contributed by atoms with E-state index in [1.165, 1.54) is 12.2 Å². The van der Waals surface area contributed by atoms with Gasteiger partial charge in [-0.2, -0.15) is 4.90 Å². The molecule has 0 atom stereocenters. The van der Waals surface area contributed by atoms with Gasteiger partial charge in [-0.3, -0.25) is 0 Å². The normalized spacial score (nSPS) is 13.2. The maximum atomic E-state index is 11.6. The second-order valence-corrected chi connectivity index (χ2v) is 6.29. The molecule has 28 heavy (non-hydrogen) atoms. The number of hydrogen-bond donors (Lipinski definition) is 1. The molecule has 0 amide bonds. The van der Waals surface area contributed by atoms with Crippen LogP contribution in [0.15, 0.2) is 52.5 Å². The van der Waals surface area contributed by atoms with Crippen molar-refractivity contribution in [2.75, 3.05) is 6.61 Å². The Morgan fingerprint density at radius 1 is 1.25 bits per heavy atom. The van der Waals surface area contributed by atoms with Gasteiger partial charge in [-0.25, -0.2) is 4.79 Å². The molecule has 1 aromatic heterocycles. The first-order valence-electron chi connectivity index (χ1n) is 8.50. The van der Waals surface area contributed by atoms with Gasteiger partial charge in [-0.05, 0) is 49.8 Å². The smallest absolute Gasteiger partial charge is 0.344 e. The van der Waals surface area contributed by atoms with Crippen LogP contribution in [0.4, 0.5) is 0 Å². The zero-order valence-electron chi connectivity index (χ0n) is 15.2. The van der Waals surface area contributed by atoms with Gasteiger partial charge in [0.15, 0.2) is 18.1 Å². The largest absolute Gasteiger partial charge is 0.612 e. The molecule has 0 fully saturated rings. The van der Waals surface area contributed by atoms with E-state index in [-0.39, 0.29) is 29.9 Å². The first-order chi connectivity index (χ1) is 13.3. The molecule has 1 aliphatic rings. The van der Waals surface area contributed by atoms with E-state index in [0.29, 0.717) is 22.3 Å². The summed E-state index contributed by atoms with van der Waals surface area (Å²) in [5.41, 5.74) is 0.983. The molecule has 0 radical (unpaired) electrons. The van der Waals surface area contributed by atoms with Crippen molar-refractivity contribution in [3.05, 3.63) is 64.3 Å². The van der Waals surface area contributed by atoms with Crippen LogP contribution in [0.25, 0.3) is 17.0 Å². The molecular weight excluding hydrogens is 366 g/mol. The van der Waals surface area contributed by atoms with E-state index in [2.05, 4.69) is 0 Å². The second-order valence-electron chi connectivity index (χ2n) is 6.29. The Hall–Kier alpha value is -3.68. The number of furan rings is 1. The summed E-state index contributed by atoms with van der Waals surface area (Å²) in [5.74, 6) is 0.0627. The average Bonchev–Trinajstić information content (AvgIpc) is 2.95. The molecule has 8 nitrogen and oxygen atoms in total. The van der Waals surface area contributed by atoms with Gasteiger partial charge in [0.1, 0.15) is 11.3 Å². The average molecular weight is 384 g/mol. The molecule has 146 valence electrons. The van der Waals surface area contributed by atoms with Gasteiger partial charge in [-0.15, -0.1) is 0 Å². The highest BCUT2D eigenvalue weighted by Gasteiger charge is 2.14. The molecule has 0 unspecified atom stereocenters. The number of aromatic hydroxyl groups is 1. The summed E-state index contributed by atoms with van der Waals surface area (Å²) in [5, 5.41) is 32.3. The van der Waals surface area contributed by atoms with E-state index < -0.39 is 10.9 Å². The predicted molar refractivity (Wildman–Crippen MR) is 103 cm³/mol. The van der Waals surface area contributed by atoms with Crippen LogP contribution in [0.1, 0.15) is 19.6 Å². The minimum Gasteiger partial charge on any atom is -0.612 e. The number of hydrogen-bond acceptors (Lipinski definition) is 7. The lowest BCUT2D eigenvalue weighted by Gasteiger charge is -2.09. The Morgan fingerprint density at radius 2 is 1.96 bits per heavy atom. The van der Waals surface area contributed by atoms with Gasteiger partial charge >= 0.3 is 5.97 Å². The van der Waals surface area contributed by atoms with Crippen LogP contribution < -0.4 is 4.74 Å². The van der Waals surface area contributed by atoms with Crippen LogP contribution in [0, 0.1) is 10.4 Å². The number of ether oxygens (including phenoxy) is 2. The minimum absolute atomic E-state index is 0.0243. The topological polar surface area (TPSA) is 118 Å². The molecule has 3 rings (SSSR count). The summed E-state index contributed by atoms with van der Waals surface area (Å²) in [6.45, 7) is 3.26. The molecule has 0 aliphatic heterocycles. The van der Waals surface area contributed by atoms with E-state index in [4.69, 9.17) is 13.9 Å². The van der Waals surface area contributed by atoms with Crippen LogP contribution in [-0.2, 0) is 9.53 Å². The van der Waals surface area contributed by atoms with Gasteiger partial charge in [0, 0.05) is 18.2 Å². The highest BCUT2D eigenvalue weighted by molar-refractivity contribution is 6.03. The number of fused-ring (bicyclic) bond motifs is 1. The zero-order chi connectivity index (χ0) is 20.3. The number of benzene rings is 1. The first-order valence-corrected chi connectivity index (χ1v) is 8.50. The fourth-order valence-corrected chi connectivity index (χ4v) is 2.55. The fraction of sp³-hybridized carbons (Fsp3) is 0.200. The molecule has 1 aliphatic carbocycles. The maximum absolute atomic E-state index is 11.6. The lowest BCUT2D eigenvalue weighted by molar-refractivity contribution is -0.377. The highest BCUT2D eigenvalue weighted by Crippen LogP contribution is 2.35. The monoisotopic (exact) mass is 384 g/mol. The van der Waals surface area contributed by atoms with Gasteiger partial charge in [0.05, 0.1) is 11.5 Å². The molecule has 1 heterocycles. The van der Waals surface area contributed by atoms with Crippen molar-refractivity contribution < 1.29 is 28.7 Å². The van der Waals surface area contributed by atoms with E-state index in [1.807, 2.05) is 0 Å². The molecule has 0 saturated heterocycles. The van der Waals surface area contributed by atoms with Gasteiger partial charge < -0.3 is 29.4 Å². The van der Waals surface area contributed by atoms with Gasteiger partial charge in [-0.1, -0.05) is 0 Å². The number of nitrogens with zero attached hydrogens (tertiary/aromatic N) is 1. The second kappa shape index (κ2) is 7.91. The molecule has 0 spiro atoms. The van der Waals surface area contributed by atoms with Crippen molar-refractivity contribution in [2.45, 2.75) is 20.0 Å². The number of carbonyl (C=O) groups is 1. The molecule has 0 saturated carbocycles. The van der Waals surface area contributed by atoms with Crippen molar-refractivity contribution in [1.29, 1.82) is 0 Å². The summed E-state index contributed by atoms with van der Waals surface area (Å²) in [6, 6.07) is 4.78. The minimum atomic E-state index is -0.485. The van der Waals surface area contributed by atoms with E-state index in [0.717, 1.165) is 0 Å². The Balaban J connectivity index is 1.79. The lowest BCUT2D eigenvalue weighted by atomic mass is 10.1. The lowest BCUT2D eigenvalue weighted by Crippen LogP contribution is -2.18. The third-order valence-corrected chi connectivity index (χ3v) is 3.79. The van der Waals surface area contributed by atoms with Crippen molar-refractivity contribution in [3.63, 3.8) is 0 Å². The molecule has 1 N–H and O–H groups in total. The summed E-state index contributed by atoms with van der Waals surface area (Å²) in [6.07, 6.45) is 7.19. The zero-order valence-corrected chi connectivity index (χ0v) is 15.2. The van der Waals surface area contributed by atoms with Crippen molar-refractivity contribution >= 4 is 28.7 Å². The van der Waals surface area contributed by atoms with E-state index in [1.54, 1.807) is 50.3 Å². The number of carbonyl (C=O) groups excluding carboxylic acids is 1. The summed E-state index contributed by atoms with van der Waals surface area (Å²) in [7, 11) is 0. The van der Waals surface area contributed by atoms with E-state index in [9.17, 15) is 20.3 Å².